The molecule has 1 unspecified atom stereocenters. The molecule has 0 heterocycles. The van der Waals surface area contributed by atoms with Gasteiger partial charge in [0.25, 0.3) is 0 Å². The van der Waals surface area contributed by atoms with Gasteiger partial charge in [0.1, 0.15) is 12.7 Å². The molecule has 14 heavy (non-hydrogen) atoms. The number of Topliss-reactive ketones (excluding diaryl/α,β-unsaturated/α-hetero) is 1. The van der Waals surface area contributed by atoms with Gasteiger partial charge in [-0.3, -0.25) is 9.59 Å². The number of carbonyl (C=O) groups excluding carboxylic acids is 2. The predicted octanol–water partition coefficient (Wildman–Crippen LogP) is -0.106. The molecular weight excluding hydrogens is 193 g/mol. The Balaban J connectivity index is 4.23. The molecule has 5 nitrogen and oxygen atoms in total. The number of alkyl halides is 1. The first-order valence-corrected chi connectivity index (χ1v) is 4.11. The number of carboxylic acid groups (broad SMARTS) is 1. The van der Waals surface area contributed by atoms with Crippen LogP contribution >= 0.6 is 0 Å². The van der Waals surface area contributed by atoms with E-state index in [2.05, 4.69) is 5.32 Å². The molecule has 0 aliphatic rings. The van der Waals surface area contributed by atoms with Crippen LogP contribution in [0.5, 0.6) is 0 Å². The van der Waals surface area contributed by atoms with E-state index in [1.54, 1.807) is 6.92 Å². The molecule has 0 radical (unpaired) electrons. The smallest absolute Gasteiger partial charge is 0.326 e. The van der Waals surface area contributed by atoms with E-state index in [-0.39, 0.29) is 6.42 Å². The van der Waals surface area contributed by atoms with E-state index in [1.165, 1.54) is 0 Å². The molecule has 0 fully saturated rings. The van der Waals surface area contributed by atoms with Crippen LogP contribution in [0.4, 0.5) is 4.39 Å². The van der Waals surface area contributed by atoms with E-state index in [9.17, 15) is 18.8 Å². The Kier molecular flexibility index (Phi) is 5.43. The van der Waals surface area contributed by atoms with E-state index in [1.807, 2.05) is 0 Å². The van der Waals surface area contributed by atoms with Crippen molar-refractivity contribution in [2.75, 3.05) is 6.67 Å². The van der Waals surface area contributed by atoms with Crippen LogP contribution < -0.4 is 5.32 Å². The summed E-state index contributed by atoms with van der Waals surface area (Å²) < 4.78 is 11.8. The van der Waals surface area contributed by atoms with Crippen molar-refractivity contribution >= 4 is 17.7 Å². The molecule has 0 aromatic rings. The summed E-state index contributed by atoms with van der Waals surface area (Å²) >= 11 is 0. The molecule has 0 saturated carbocycles. The van der Waals surface area contributed by atoms with Crippen LogP contribution in [0.15, 0.2) is 0 Å². The maximum Gasteiger partial charge on any atom is 0.326 e. The zero-order valence-corrected chi connectivity index (χ0v) is 7.75. The van der Waals surface area contributed by atoms with E-state index >= 15 is 0 Å². The van der Waals surface area contributed by atoms with Crippen molar-refractivity contribution < 1.29 is 23.9 Å². The highest BCUT2D eigenvalue weighted by molar-refractivity contribution is 5.89. The fraction of sp³-hybridized carbons (Fsp3) is 0.625. The second-order valence-electron chi connectivity index (χ2n) is 2.69. The molecule has 6 heteroatoms. The van der Waals surface area contributed by atoms with Crippen molar-refractivity contribution in [3.63, 3.8) is 0 Å². The zero-order valence-electron chi connectivity index (χ0n) is 7.75. The topological polar surface area (TPSA) is 83.5 Å². The van der Waals surface area contributed by atoms with Crippen molar-refractivity contribution in [3.05, 3.63) is 0 Å². The number of rotatable bonds is 6. The van der Waals surface area contributed by atoms with Gasteiger partial charge in [-0.25, -0.2) is 9.18 Å². The van der Waals surface area contributed by atoms with Gasteiger partial charge in [0, 0.05) is 12.8 Å². The molecule has 1 amide bonds. The lowest BCUT2D eigenvalue weighted by Gasteiger charge is -2.11. The predicted molar refractivity (Wildman–Crippen MR) is 45.5 cm³/mol. The summed E-state index contributed by atoms with van der Waals surface area (Å²) in [6, 6.07) is -1.33. The monoisotopic (exact) mass is 205 g/mol. The average molecular weight is 205 g/mol. The minimum atomic E-state index is -1.34. The van der Waals surface area contributed by atoms with Gasteiger partial charge in [-0.2, -0.15) is 0 Å². The zero-order chi connectivity index (χ0) is 11.1. The van der Waals surface area contributed by atoms with E-state index in [0.717, 1.165) is 0 Å². The number of amides is 1. The summed E-state index contributed by atoms with van der Waals surface area (Å²) in [5.74, 6) is -2.66. The highest BCUT2D eigenvalue weighted by Crippen LogP contribution is 1.96. The van der Waals surface area contributed by atoms with E-state index in [0.29, 0.717) is 0 Å². The van der Waals surface area contributed by atoms with Crippen LogP contribution in [0.25, 0.3) is 0 Å². The Bertz CT molecular complexity index is 223. The first-order valence-electron chi connectivity index (χ1n) is 4.11. The van der Waals surface area contributed by atoms with Crippen molar-refractivity contribution in [1.29, 1.82) is 0 Å². The summed E-state index contributed by atoms with van der Waals surface area (Å²) in [5, 5.41) is 10.7. The molecule has 0 aliphatic carbocycles. The Morgan fingerprint density at radius 3 is 2.36 bits per heavy atom. The molecule has 0 rings (SSSR count). The fourth-order valence-electron chi connectivity index (χ4n) is 0.779. The first kappa shape index (κ1) is 12.5. The van der Waals surface area contributed by atoms with Crippen LogP contribution in [-0.2, 0) is 14.4 Å². The fourth-order valence-corrected chi connectivity index (χ4v) is 0.779. The first-order chi connectivity index (χ1) is 6.51. The maximum atomic E-state index is 11.8. The highest BCUT2D eigenvalue weighted by Gasteiger charge is 2.22. The lowest BCUT2D eigenvalue weighted by atomic mass is 10.1. The van der Waals surface area contributed by atoms with Crippen molar-refractivity contribution in [2.24, 2.45) is 0 Å². The van der Waals surface area contributed by atoms with Crippen LogP contribution in [0.2, 0.25) is 0 Å². The Morgan fingerprint density at radius 2 is 2.00 bits per heavy atom. The van der Waals surface area contributed by atoms with Crippen LogP contribution in [0, 0.1) is 0 Å². The molecule has 0 aromatic heterocycles. The minimum Gasteiger partial charge on any atom is -0.480 e. The van der Waals surface area contributed by atoms with Gasteiger partial charge in [-0.15, -0.1) is 0 Å². The molecule has 0 aliphatic heterocycles. The van der Waals surface area contributed by atoms with Gasteiger partial charge in [-0.1, -0.05) is 6.92 Å². The second-order valence-corrected chi connectivity index (χ2v) is 2.69. The van der Waals surface area contributed by atoms with Gasteiger partial charge in [0.15, 0.2) is 5.78 Å². The quantitative estimate of drug-likeness (QED) is 0.634. The summed E-state index contributed by atoms with van der Waals surface area (Å²) in [5.41, 5.74) is 0. The normalized spacial score (nSPS) is 11.9. The third-order valence-corrected chi connectivity index (χ3v) is 1.54. The number of ketones is 1. The number of hydrogen-bond donors (Lipinski definition) is 2. The highest BCUT2D eigenvalue weighted by atomic mass is 19.1. The maximum absolute atomic E-state index is 11.8. The minimum absolute atomic E-state index is 0.119. The molecule has 0 aromatic carbocycles. The van der Waals surface area contributed by atoms with Crippen LogP contribution in [-0.4, -0.2) is 35.5 Å². The second kappa shape index (κ2) is 6.06. The third kappa shape index (κ3) is 4.54. The molecular formula is C8H12FNO4. The molecule has 80 valence electrons. The van der Waals surface area contributed by atoms with Gasteiger partial charge in [0.2, 0.25) is 5.91 Å². The van der Waals surface area contributed by atoms with Gasteiger partial charge < -0.3 is 10.4 Å². The van der Waals surface area contributed by atoms with Crippen LogP contribution in [0.1, 0.15) is 19.8 Å². The van der Waals surface area contributed by atoms with Gasteiger partial charge in [-0.05, 0) is 0 Å². The summed E-state index contributed by atoms with van der Waals surface area (Å²) in [7, 11) is 0. The lowest BCUT2D eigenvalue weighted by Crippen LogP contribution is -2.42. The molecule has 0 spiro atoms. The number of carbonyl (C=O) groups is 3. The SMILES string of the molecule is CCC(=O)NC(CC(=O)CF)C(=O)O. The summed E-state index contributed by atoms with van der Waals surface area (Å²) in [6.07, 6.45) is -0.398. The Labute approximate surface area is 80.3 Å². The molecule has 2 N–H and O–H groups in total. The van der Waals surface area contributed by atoms with E-state index in [4.69, 9.17) is 5.11 Å². The van der Waals surface area contributed by atoms with Crippen molar-refractivity contribution in [1.82, 2.24) is 5.32 Å². The van der Waals surface area contributed by atoms with Crippen LogP contribution in [0.3, 0.4) is 0 Å². The number of aliphatic carboxylic acids is 1. The standard InChI is InChI=1S/C8H12FNO4/c1-2-7(12)10-6(8(13)14)3-5(11)4-9/h6H,2-4H2,1H3,(H,10,12)(H,13,14). The number of halogens is 1. The van der Waals surface area contributed by atoms with E-state index < -0.39 is 36.8 Å². The molecule has 1 atom stereocenters. The van der Waals surface area contributed by atoms with Crippen molar-refractivity contribution in [2.45, 2.75) is 25.8 Å². The average Bonchev–Trinajstić information content (AvgIpc) is 2.16. The largest absolute Gasteiger partial charge is 0.480 e. The van der Waals surface area contributed by atoms with Gasteiger partial charge in [0.05, 0.1) is 0 Å². The number of nitrogens with one attached hydrogen (secondary N) is 1. The number of hydrogen-bond acceptors (Lipinski definition) is 3. The lowest BCUT2D eigenvalue weighted by molar-refractivity contribution is -0.143. The number of carboxylic acids is 1. The third-order valence-electron chi connectivity index (χ3n) is 1.54. The molecule has 0 bridgehead atoms. The Morgan fingerprint density at radius 1 is 1.43 bits per heavy atom. The van der Waals surface area contributed by atoms with Gasteiger partial charge >= 0.3 is 5.97 Å². The Hall–Kier alpha value is -1.46. The van der Waals surface area contributed by atoms with Crippen molar-refractivity contribution in [3.8, 4) is 0 Å². The molecule has 0 saturated heterocycles. The summed E-state index contributed by atoms with van der Waals surface area (Å²) in [4.78, 5) is 31.9. The summed E-state index contributed by atoms with van der Waals surface area (Å²) in [6.45, 7) is 0.330.